The summed E-state index contributed by atoms with van der Waals surface area (Å²) in [6.07, 6.45) is 0. The van der Waals surface area contributed by atoms with Crippen molar-refractivity contribution in [2.75, 3.05) is 9.80 Å². The molecule has 0 radical (unpaired) electrons. The Hall–Kier alpha value is -9.18. The zero-order valence-corrected chi connectivity index (χ0v) is 46.9. The van der Waals surface area contributed by atoms with E-state index in [9.17, 15) is 0 Å². The lowest BCUT2D eigenvalue weighted by atomic mass is 9.74. The molecule has 15 rings (SSSR count). The number of hydrogen-bond donors (Lipinski definition) is 0. The molecule has 0 spiro atoms. The van der Waals surface area contributed by atoms with Gasteiger partial charge in [0.05, 0.1) is 16.7 Å². The van der Waals surface area contributed by atoms with Gasteiger partial charge in [-0.05, 0) is 189 Å². The third kappa shape index (κ3) is 7.12. The molecule has 0 fully saturated rings. The predicted octanol–water partition coefficient (Wildman–Crippen LogP) is 20.9. The average Bonchev–Trinajstić information content (AvgIpc) is 4.18. The average molecular weight is 1030 g/mol. The van der Waals surface area contributed by atoms with Crippen molar-refractivity contribution in [3.8, 4) is 50.2 Å². The number of para-hydroxylation sites is 1. The maximum atomic E-state index is 2.54. The van der Waals surface area contributed by atoms with Gasteiger partial charge in [-0.2, -0.15) is 0 Å². The second kappa shape index (κ2) is 17.4. The summed E-state index contributed by atoms with van der Waals surface area (Å²) in [6, 6.07) is 89.4. The van der Waals surface area contributed by atoms with E-state index in [4.69, 9.17) is 0 Å². The van der Waals surface area contributed by atoms with Crippen LogP contribution in [0.4, 0.5) is 34.1 Å². The standard InChI is InChI=1S/C77H63N3/c1-48-21-31-54(32-22-48)78(56-35-25-50(26-36-56)52-29-40-62-60-15-9-11-17-66(60)75(3,4)69(62)43-52)58-39-42-72-64(45-58)65-46-59(47-71-74(65)80(72)73-20-14-13-19-68(73)77(71,7)8)79(55-33-23-49(2)24-34-55)57-37-27-51(28-38-57)53-30-41-63-61-16-10-12-18-67(61)76(5,6)70(63)44-53/h9-47H,1-8H3. The summed E-state index contributed by atoms with van der Waals surface area (Å²) in [6.45, 7) is 18.6. The third-order valence-electron chi connectivity index (χ3n) is 18.5. The fourth-order valence-electron chi connectivity index (χ4n) is 14.1. The third-order valence-corrected chi connectivity index (χ3v) is 18.5. The van der Waals surface area contributed by atoms with E-state index in [0.29, 0.717) is 0 Å². The van der Waals surface area contributed by atoms with Crippen LogP contribution in [-0.4, -0.2) is 4.57 Å². The van der Waals surface area contributed by atoms with Crippen LogP contribution < -0.4 is 9.80 Å². The number of anilines is 6. The number of fused-ring (bicyclic) bond motifs is 11. The van der Waals surface area contributed by atoms with E-state index >= 15 is 0 Å². The zero-order valence-electron chi connectivity index (χ0n) is 46.9. The molecule has 0 saturated carbocycles. The summed E-state index contributed by atoms with van der Waals surface area (Å²) in [7, 11) is 0. The predicted molar refractivity (Wildman–Crippen MR) is 338 cm³/mol. The topological polar surface area (TPSA) is 11.4 Å². The molecule has 12 aromatic rings. The molecule has 3 aliphatic rings. The molecular weight excluding hydrogens is 967 g/mol. The molecule has 386 valence electrons. The van der Waals surface area contributed by atoms with E-state index in [2.05, 4.69) is 306 Å². The molecule has 2 aliphatic carbocycles. The first kappa shape index (κ1) is 48.0. The van der Waals surface area contributed by atoms with Crippen LogP contribution in [0.3, 0.4) is 0 Å². The van der Waals surface area contributed by atoms with Gasteiger partial charge in [0, 0.05) is 61.1 Å². The van der Waals surface area contributed by atoms with Crippen LogP contribution in [0.25, 0.3) is 72.0 Å². The SMILES string of the molecule is Cc1ccc(N(c2ccc(-c3ccc4c(c3)C(C)(C)c3ccccc3-4)cc2)c2ccc3c(c2)c2cc(N(c4ccc(C)cc4)c4ccc(-c5ccc6c(c5)C(C)(C)c5ccccc5-6)cc4)cc4c2n3-c2ccccc2C4(C)C)cc1. The number of nitrogens with zero attached hydrogens (tertiary/aromatic N) is 3. The zero-order chi connectivity index (χ0) is 54.4. The van der Waals surface area contributed by atoms with E-state index in [1.807, 2.05) is 0 Å². The van der Waals surface area contributed by atoms with Crippen LogP contribution in [0, 0.1) is 13.8 Å². The molecule has 3 heteroatoms. The molecule has 3 nitrogen and oxygen atoms in total. The second-order valence-corrected chi connectivity index (χ2v) is 24.4. The van der Waals surface area contributed by atoms with Crippen molar-refractivity contribution in [2.24, 2.45) is 0 Å². The Bertz CT molecular complexity index is 4490. The van der Waals surface area contributed by atoms with Crippen molar-refractivity contribution in [2.45, 2.75) is 71.6 Å². The summed E-state index contributed by atoms with van der Waals surface area (Å²) in [4.78, 5) is 4.89. The first-order valence-corrected chi connectivity index (χ1v) is 28.4. The van der Waals surface area contributed by atoms with Crippen LogP contribution >= 0.6 is 0 Å². The minimum atomic E-state index is -0.296. The molecule has 0 saturated heterocycles. The van der Waals surface area contributed by atoms with E-state index in [0.717, 1.165) is 34.1 Å². The highest BCUT2D eigenvalue weighted by atomic mass is 15.2. The van der Waals surface area contributed by atoms with Gasteiger partial charge in [0.1, 0.15) is 0 Å². The molecule has 0 atom stereocenters. The summed E-state index contributed by atoms with van der Waals surface area (Å²) in [5, 5.41) is 2.44. The lowest BCUT2D eigenvalue weighted by molar-refractivity contribution is 0.630. The number of benzene rings is 11. The Balaban J connectivity index is 0.877. The fourth-order valence-corrected chi connectivity index (χ4v) is 14.1. The minimum absolute atomic E-state index is 0.0645. The summed E-state index contributed by atoms with van der Waals surface area (Å²) < 4.78 is 2.54. The van der Waals surface area contributed by atoms with Crippen LogP contribution in [0.1, 0.15) is 86.1 Å². The van der Waals surface area contributed by atoms with Crippen LogP contribution in [0.5, 0.6) is 0 Å². The minimum Gasteiger partial charge on any atom is -0.310 e. The Morgan fingerprint density at radius 2 is 0.675 bits per heavy atom. The normalized spacial score (nSPS) is 14.6. The van der Waals surface area contributed by atoms with Gasteiger partial charge in [-0.25, -0.2) is 0 Å². The highest BCUT2D eigenvalue weighted by Gasteiger charge is 2.39. The molecule has 0 N–H and O–H groups in total. The largest absolute Gasteiger partial charge is 0.310 e. The molecule has 0 unspecified atom stereocenters. The molecule has 0 bridgehead atoms. The Labute approximate surface area is 470 Å². The van der Waals surface area contributed by atoms with Crippen molar-refractivity contribution in [1.29, 1.82) is 0 Å². The number of hydrogen-bond acceptors (Lipinski definition) is 2. The van der Waals surface area contributed by atoms with Crippen molar-refractivity contribution in [1.82, 2.24) is 4.57 Å². The van der Waals surface area contributed by atoms with Crippen LogP contribution in [0.15, 0.2) is 237 Å². The van der Waals surface area contributed by atoms with Gasteiger partial charge in [0.2, 0.25) is 0 Å². The molecule has 80 heavy (non-hydrogen) atoms. The summed E-state index contributed by atoms with van der Waals surface area (Å²) in [5.41, 5.74) is 30.9. The van der Waals surface area contributed by atoms with Gasteiger partial charge in [0.15, 0.2) is 0 Å². The highest BCUT2D eigenvalue weighted by molar-refractivity contribution is 6.14. The number of rotatable bonds is 8. The second-order valence-electron chi connectivity index (χ2n) is 24.4. The first-order valence-electron chi connectivity index (χ1n) is 28.4. The van der Waals surface area contributed by atoms with E-state index in [1.54, 1.807) is 0 Å². The van der Waals surface area contributed by atoms with Crippen molar-refractivity contribution >= 4 is 55.9 Å². The van der Waals surface area contributed by atoms with E-state index < -0.39 is 0 Å². The van der Waals surface area contributed by atoms with Gasteiger partial charge in [-0.1, -0.05) is 192 Å². The van der Waals surface area contributed by atoms with Crippen molar-refractivity contribution in [3.05, 3.63) is 281 Å². The molecule has 2 heterocycles. The van der Waals surface area contributed by atoms with Gasteiger partial charge in [-0.3, -0.25) is 0 Å². The lowest BCUT2D eigenvalue weighted by Gasteiger charge is -2.36. The monoisotopic (exact) mass is 1030 g/mol. The van der Waals surface area contributed by atoms with E-state index in [1.165, 1.54) is 117 Å². The van der Waals surface area contributed by atoms with Gasteiger partial charge >= 0.3 is 0 Å². The first-order chi connectivity index (χ1) is 38.7. The Morgan fingerprint density at radius 1 is 0.287 bits per heavy atom. The molecule has 0 amide bonds. The molecule has 1 aromatic heterocycles. The van der Waals surface area contributed by atoms with Crippen LogP contribution in [0.2, 0.25) is 0 Å². The van der Waals surface area contributed by atoms with Crippen LogP contribution in [-0.2, 0) is 16.2 Å². The van der Waals surface area contributed by atoms with Gasteiger partial charge in [0.25, 0.3) is 0 Å². The molecule has 1 aliphatic heterocycles. The molecule has 11 aromatic carbocycles. The lowest BCUT2D eigenvalue weighted by Crippen LogP contribution is -2.26. The fraction of sp³-hybridized carbons (Fsp3) is 0.143. The maximum Gasteiger partial charge on any atom is 0.0583 e. The van der Waals surface area contributed by atoms with E-state index in [-0.39, 0.29) is 16.2 Å². The summed E-state index contributed by atoms with van der Waals surface area (Å²) in [5.74, 6) is 0. The Kier molecular flexibility index (Phi) is 10.4. The van der Waals surface area contributed by atoms with Gasteiger partial charge in [-0.15, -0.1) is 0 Å². The van der Waals surface area contributed by atoms with Crippen molar-refractivity contribution < 1.29 is 0 Å². The quantitative estimate of drug-likeness (QED) is 0.150. The Morgan fingerprint density at radius 3 is 1.19 bits per heavy atom. The number of aromatic nitrogens is 1. The highest BCUT2D eigenvalue weighted by Crippen LogP contribution is 2.54. The molecular formula is C77H63N3. The maximum absolute atomic E-state index is 2.54. The summed E-state index contributed by atoms with van der Waals surface area (Å²) >= 11 is 0. The van der Waals surface area contributed by atoms with Crippen molar-refractivity contribution in [3.63, 3.8) is 0 Å². The number of aryl methyl sites for hydroxylation is 2. The smallest absolute Gasteiger partial charge is 0.0583 e. The van der Waals surface area contributed by atoms with Gasteiger partial charge < -0.3 is 14.4 Å².